The van der Waals surface area contributed by atoms with Gasteiger partial charge in [-0.05, 0) is 0 Å². The van der Waals surface area contributed by atoms with Gasteiger partial charge in [0.25, 0.3) is 0 Å². The van der Waals surface area contributed by atoms with E-state index in [1.807, 2.05) is 0 Å². The van der Waals surface area contributed by atoms with E-state index in [1.54, 1.807) is 0 Å². The van der Waals surface area contributed by atoms with E-state index in [0.717, 1.165) is 0 Å². The Balaban J connectivity index is 6.00. The minimum absolute atomic E-state index is 3.60. The van der Waals surface area contributed by atoms with Crippen LogP contribution in [0.4, 0.5) is 61.5 Å². The van der Waals surface area contributed by atoms with E-state index < -0.39 is 43.6 Å². The predicted molar refractivity (Wildman–Crippen MR) is 43.0 cm³/mol. The molecule has 2 N–H and O–H groups in total. The van der Waals surface area contributed by atoms with Crippen LogP contribution in [0.5, 0.6) is 0 Å². The van der Waals surface area contributed by atoms with E-state index in [0.29, 0.717) is 0 Å². The van der Waals surface area contributed by atoms with Gasteiger partial charge in [0.1, 0.15) is 8.07 Å². The maximum Gasteiger partial charge on any atom is 0.460 e. The zero-order valence-electron chi connectivity index (χ0n) is 9.32. The summed E-state index contributed by atoms with van der Waals surface area (Å²) < 4.78 is 171. The maximum atomic E-state index is 12.8. The number of hydrogen-bond donors (Lipinski definition) is 1. The summed E-state index contributed by atoms with van der Waals surface area (Å²) in [5.74, 6) is -14.7. The normalized spacial score (nSPS) is 16.4. The molecule has 0 aliphatic rings. The SMILES string of the molecule is NP(C(F)(F)C(F)(F)C(F)(F)F)C(F)(F)C(F)(F)C(F)(F)F. The predicted octanol–water partition coefficient (Wildman–Crippen LogP) is 4.92. The lowest BCUT2D eigenvalue weighted by atomic mass is 10.3. The Morgan fingerprint density at radius 3 is 0.773 bits per heavy atom. The smallest absolute Gasteiger partial charge is 0.300 e. The quantitative estimate of drug-likeness (QED) is 0.540. The van der Waals surface area contributed by atoms with Crippen molar-refractivity contribution in [1.82, 2.24) is 0 Å². The fourth-order valence-corrected chi connectivity index (χ4v) is 2.03. The molecule has 0 saturated heterocycles. The molecule has 0 aliphatic carbocycles. The van der Waals surface area contributed by atoms with E-state index >= 15 is 0 Å². The van der Waals surface area contributed by atoms with Gasteiger partial charge in [-0.3, -0.25) is 5.50 Å². The van der Waals surface area contributed by atoms with E-state index in [1.165, 1.54) is 0 Å². The van der Waals surface area contributed by atoms with Crippen LogP contribution in [0.3, 0.4) is 0 Å². The number of nitrogens with two attached hydrogens (primary N) is 1. The molecular formula is C6H2F14NP. The van der Waals surface area contributed by atoms with Crippen LogP contribution < -0.4 is 5.50 Å². The molecule has 0 aliphatic heterocycles. The average Bonchev–Trinajstić information content (AvgIpc) is 2.24. The zero-order valence-corrected chi connectivity index (χ0v) is 10.2. The standard InChI is InChI=1S/C6H2F14NP/c7-1(8,3(11,12)13)5(17,18)22(21)6(19,20)2(9,10)4(14,15)16/h21H2. The van der Waals surface area contributed by atoms with Crippen molar-refractivity contribution in [2.75, 3.05) is 0 Å². The topological polar surface area (TPSA) is 26.0 Å². The number of halogens is 14. The molecule has 0 atom stereocenters. The summed E-state index contributed by atoms with van der Waals surface area (Å²) in [4.78, 5) is 0. The lowest BCUT2D eigenvalue weighted by molar-refractivity contribution is -0.343. The summed E-state index contributed by atoms with van der Waals surface area (Å²) in [5, 5.41) is 0. The number of hydrogen-bond acceptors (Lipinski definition) is 1. The van der Waals surface area contributed by atoms with E-state index in [4.69, 9.17) is 0 Å². The van der Waals surface area contributed by atoms with E-state index in [2.05, 4.69) is 5.50 Å². The molecule has 0 aromatic rings. The van der Waals surface area contributed by atoms with E-state index in [9.17, 15) is 61.5 Å². The number of alkyl halides is 14. The molecule has 0 fully saturated rings. The van der Waals surface area contributed by atoms with Crippen LogP contribution in [0.25, 0.3) is 0 Å². The fourth-order valence-electron chi connectivity index (χ4n) is 0.820. The van der Waals surface area contributed by atoms with Gasteiger partial charge in [-0.15, -0.1) is 0 Å². The molecule has 22 heavy (non-hydrogen) atoms. The second kappa shape index (κ2) is 5.21. The first-order valence-corrected chi connectivity index (χ1v) is 5.76. The molecule has 0 rings (SSSR count). The van der Waals surface area contributed by atoms with Crippen molar-refractivity contribution in [1.29, 1.82) is 0 Å². The Morgan fingerprint density at radius 1 is 0.455 bits per heavy atom. The Bertz CT molecular complexity index is 369. The summed E-state index contributed by atoms with van der Waals surface area (Å²) in [6, 6.07) is 0. The maximum absolute atomic E-state index is 12.8. The third-order valence-electron chi connectivity index (χ3n) is 2.07. The Kier molecular flexibility index (Phi) is 5.07. The molecule has 134 valence electrons. The molecule has 0 heterocycles. The van der Waals surface area contributed by atoms with Gasteiger partial charge in [-0.25, -0.2) is 0 Å². The minimum Gasteiger partial charge on any atom is -0.300 e. The molecule has 0 saturated carbocycles. The van der Waals surface area contributed by atoms with Crippen LogP contribution in [-0.4, -0.2) is 35.5 Å². The van der Waals surface area contributed by atoms with Gasteiger partial charge < -0.3 is 0 Å². The molecule has 16 heteroatoms. The second-order valence-electron chi connectivity index (χ2n) is 3.60. The van der Waals surface area contributed by atoms with Gasteiger partial charge in [0, 0.05) is 0 Å². The largest absolute Gasteiger partial charge is 0.460 e. The molecule has 0 radical (unpaired) electrons. The molecule has 0 unspecified atom stereocenters. The molecule has 0 bridgehead atoms. The molecule has 0 aromatic carbocycles. The highest BCUT2D eigenvalue weighted by atomic mass is 31.1. The Hall–Kier alpha value is -0.590. The highest BCUT2D eigenvalue weighted by Gasteiger charge is 2.84. The third kappa shape index (κ3) is 2.93. The Morgan fingerprint density at radius 2 is 0.636 bits per heavy atom. The van der Waals surface area contributed by atoms with E-state index in [-0.39, 0.29) is 0 Å². The molecule has 0 amide bonds. The highest BCUT2D eigenvalue weighted by Crippen LogP contribution is 2.70. The second-order valence-corrected chi connectivity index (χ2v) is 5.46. The first-order valence-electron chi connectivity index (χ1n) is 4.35. The third-order valence-corrected chi connectivity index (χ3v) is 3.84. The van der Waals surface area contributed by atoms with Crippen molar-refractivity contribution in [2.24, 2.45) is 5.50 Å². The first kappa shape index (κ1) is 21.4. The average molecular weight is 385 g/mol. The van der Waals surface area contributed by atoms with Crippen molar-refractivity contribution in [3.8, 4) is 0 Å². The molecule has 0 aromatic heterocycles. The van der Waals surface area contributed by atoms with Crippen LogP contribution in [0.2, 0.25) is 0 Å². The first-order chi connectivity index (χ1) is 9.15. The lowest BCUT2D eigenvalue weighted by Gasteiger charge is -2.38. The van der Waals surface area contributed by atoms with Crippen LogP contribution in [0.15, 0.2) is 0 Å². The monoisotopic (exact) mass is 385 g/mol. The fraction of sp³-hybridized carbons (Fsp3) is 1.00. The number of rotatable bonds is 4. The summed E-state index contributed by atoms with van der Waals surface area (Å²) in [5.41, 5.74) is -10.6. The molecule has 0 spiro atoms. The van der Waals surface area contributed by atoms with Crippen LogP contribution in [-0.2, 0) is 0 Å². The van der Waals surface area contributed by atoms with Crippen LogP contribution >= 0.6 is 8.07 Å². The van der Waals surface area contributed by atoms with Crippen LogP contribution in [0, 0.1) is 0 Å². The minimum atomic E-state index is -7.36. The van der Waals surface area contributed by atoms with Crippen molar-refractivity contribution in [2.45, 2.75) is 35.5 Å². The van der Waals surface area contributed by atoms with Crippen LogP contribution in [0.1, 0.15) is 0 Å². The van der Waals surface area contributed by atoms with Gasteiger partial charge in [0.2, 0.25) is 0 Å². The molecule has 1 nitrogen and oxygen atoms in total. The lowest BCUT2D eigenvalue weighted by Crippen LogP contribution is -2.59. The molecular weight excluding hydrogens is 383 g/mol. The summed E-state index contributed by atoms with van der Waals surface area (Å²) in [6.07, 6.45) is -14.4. The van der Waals surface area contributed by atoms with Crippen molar-refractivity contribution in [3.05, 3.63) is 0 Å². The summed E-state index contributed by atoms with van der Waals surface area (Å²) in [6.45, 7) is 0. The van der Waals surface area contributed by atoms with Crippen molar-refractivity contribution in [3.63, 3.8) is 0 Å². The van der Waals surface area contributed by atoms with Gasteiger partial charge in [0.05, 0.1) is 0 Å². The summed E-state index contributed by atoms with van der Waals surface area (Å²) in [7, 11) is -6.28. The zero-order chi connectivity index (χ0) is 18.6. The van der Waals surface area contributed by atoms with Gasteiger partial charge in [-0.1, -0.05) is 0 Å². The van der Waals surface area contributed by atoms with Crippen molar-refractivity contribution >= 4 is 8.07 Å². The van der Waals surface area contributed by atoms with Crippen molar-refractivity contribution < 1.29 is 61.5 Å². The summed E-state index contributed by atoms with van der Waals surface area (Å²) >= 11 is 0. The van der Waals surface area contributed by atoms with Gasteiger partial charge >= 0.3 is 35.5 Å². The van der Waals surface area contributed by atoms with Gasteiger partial charge in [-0.2, -0.15) is 61.5 Å². The Labute approximate surface area is 112 Å². The highest BCUT2D eigenvalue weighted by molar-refractivity contribution is 7.57. The van der Waals surface area contributed by atoms with Gasteiger partial charge in [0.15, 0.2) is 0 Å².